The van der Waals surface area contributed by atoms with Crippen LogP contribution in [0.3, 0.4) is 0 Å². The van der Waals surface area contributed by atoms with Crippen LogP contribution in [0.15, 0.2) is 47.6 Å². The molecule has 1 aliphatic carbocycles. The lowest BCUT2D eigenvalue weighted by Gasteiger charge is -2.24. The van der Waals surface area contributed by atoms with Crippen LogP contribution in [0.1, 0.15) is 0 Å². The van der Waals surface area contributed by atoms with E-state index in [4.69, 9.17) is 9.47 Å². The number of hydrogen-bond acceptors (Lipinski definition) is 8. The van der Waals surface area contributed by atoms with Crippen molar-refractivity contribution in [1.29, 1.82) is 0 Å². The van der Waals surface area contributed by atoms with E-state index in [1.807, 2.05) is 0 Å². The summed E-state index contributed by atoms with van der Waals surface area (Å²) in [4.78, 5) is 47.1. The number of esters is 4. The van der Waals surface area contributed by atoms with Crippen molar-refractivity contribution in [1.82, 2.24) is 0 Å². The van der Waals surface area contributed by atoms with Crippen LogP contribution >= 0.6 is 0 Å². The zero-order valence-corrected chi connectivity index (χ0v) is 14.9. The van der Waals surface area contributed by atoms with Crippen molar-refractivity contribution in [2.75, 3.05) is 28.4 Å². The van der Waals surface area contributed by atoms with Crippen molar-refractivity contribution in [3.63, 3.8) is 0 Å². The molecule has 0 N–H and O–H groups in total. The average Bonchev–Trinajstić information content (AvgIpc) is 2.68. The van der Waals surface area contributed by atoms with Crippen LogP contribution < -0.4 is 0 Å². The van der Waals surface area contributed by atoms with Gasteiger partial charge in [0.15, 0.2) is 0 Å². The number of methoxy groups -OCH3 is 4. The highest BCUT2D eigenvalue weighted by Gasteiger charge is 2.32. The van der Waals surface area contributed by atoms with Crippen LogP contribution in [-0.4, -0.2) is 52.3 Å². The van der Waals surface area contributed by atoms with Crippen LogP contribution in [0.25, 0.3) is 0 Å². The summed E-state index contributed by atoms with van der Waals surface area (Å²) in [6.07, 6.45) is 7.82. The molecule has 0 aromatic rings. The first-order valence-electron chi connectivity index (χ1n) is 7.49. The standard InChI is InChI=1S/C18H20O8/c1-23-15(19)9-7-11-12(8-10-16(20)24-2)14(18(22)26-4)6-5-13(11)17(21)25-3/h5-10,13-14H,1-4H3/b9-7+,10-8+/t13-,14-/m1/s1. The van der Waals surface area contributed by atoms with E-state index in [0.717, 1.165) is 12.2 Å². The quantitative estimate of drug-likeness (QED) is 0.296. The number of carbonyl (C=O) groups excluding carboxylic acids is 4. The summed E-state index contributed by atoms with van der Waals surface area (Å²) in [6, 6.07) is 0. The lowest BCUT2D eigenvalue weighted by molar-refractivity contribution is -0.144. The molecule has 0 saturated heterocycles. The van der Waals surface area contributed by atoms with E-state index in [2.05, 4.69) is 9.47 Å². The molecule has 140 valence electrons. The van der Waals surface area contributed by atoms with E-state index in [1.165, 1.54) is 52.7 Å². The van der Waals surface area contributed by atoms with Gasteiger partial charge in [-0.1, -0.05) is 24.3 Å². The third kappa shape index (κ3) is 5.17. The molecule has 0 aromatic heterocycles. The minimum Gasteiger partial charge on any atom is -0.468 e. The second kappa shape index (κ2) is 9.97. The van der Waals surface area contributed by atoms with Crippen molar-refractivity contribution in [3.05, 3.63) is 47.6 Å². The number of allylic oxidation sites excluding steroid dienone is 2. The molecular formula is C18H20O8. The molecule has 0 bridgehead atoms. The largest absolute Gasteiger partial charge is 0.468 e. The van der Waals surface area contributed by atoms with E-state index in [0.29, 0.717) is 11.1 Å². The van der Waals surface area contributed by atoms with Crippen molar-refractivity contribution in [2.45, 2.75) is 0 Å². The van der Waals surface area contributed by atoms with Crippen molar-refractivity contribution < 1.29 is 38.1 Å². The molecule has 0 aromatic carbocycles. The molecular weight excluding hydrogens is 344 g/mol. The van der Waals surface area contributed by atoms with Gasteiger partial charge in [0.25, 0.3) is 0 Å². The number of hydrogen-bond donors (Lipinski definition) is 0. The van der Waals surface area contributed by atoms with E-state index >= 15 is 0 Å². The van der Waals surface area contributed by atoms with Gasteiger partial charge in [0.2, 0.25) is 0 Å². The molecule has 0 fully saturated rings. The molecule has 8 nitrogen and oxygen atoms in total. The topological polar surface area (TPSA) is 105 Å². The van der Waals surface area contributed by atoms with E-state index in [1.54, 1.807) is 0 Å². The Morgan fingerprint density at radius 2 is 1.04 bits per heavy atom. The van der Waals surface area contributed by atoms with Gasteiger partial charge in [0.05, 0.1) is 28.4 Å². The fourth-order valence-corrected chi connectivity index (χ4v) is 2.31. The maximum atomic E-state index is 12.1. The Kier molecular flexibility index (Phi) is 8.01. The Labute approximate surface area is 150 Å². The lowest BCUT2D eigenvalue weighted by atomic mass is 9.81. The molecule has 0 heterocycles. The lowest BCUT2D eigenvalue weighted by Crippen LogP contribution is -2.26. The van der Waals surface area contributed by atoms with Gasteiger partial charge >= 0.3 is 23.9 Å². The first-order valence-corrected chi connectivity index (χ1v) is 7.49. The summed E-state index contributed by atoms with van der Waals surface area (Å²) >= 11 is 0. The molecule has 0 amide bonds. The third-order valence-corrected chi connectivity index (χ3v) is 3.61. The molecule has 0 radical (unpaired) electrons. The predicted octanol–water partition coefficient (Wildman–Crippen LogP) is 0.890. The summed E-state index contributed by atoms with van der Waals surface area (Å²) < 4.78 is 18.6. The summed E-state index contributed by atoms with van der Waals surface area (Å²) in [5.41, 5.74) is 0.584. The summed E-state index contributed by atoms with van der Waals surface area (Å²) in [6.45, 7) is 0. The average molecular weight is 364 g/mol. The van der Waals surface area contributed by atoms with Crippen LogP contribution in [0, 0.1) is 11.8 Å². The van der Waals surface area contributed by atoms with Gasteiger partial charge in [0.1, 0.15) is 11.8 Å². The Bertz CT molecular complexity index is 638. The Morgan fingerprint density at radius 1 is 0.692 bits per heavy atom. The minimum atomic E-state index is -0.876. The monoisotopic (exact) mass is 364 g/mol. The Hall–Kier alpha value is -3.16. The maximum Gasteiger partial charge on any atom is 0.330 e. The number of ether oxygens (including phenoxy) is 4. The predicted molar refractivity (Wildman–Crippen MR) is 89.5 cm³/mol. The van der Waals surface area contributed by atoms with Crippen LogP contribution in [0.4, 0.5) is 0 Å². The molecule has 1 aliphatic rings. The molecule has 0 spiro atoms. The van der Waals surface area contributed by atoms with Gasteiger partial charge in [-0.05, 0) is 11.1 Å². The van der Waals surface area contributed by atoms with Crippen LogP contribution in [0.5, 0.6) is 0 Å². The van der Waals surface area contributed by atoms with Crippen molar-refractivity contribution in [3.8, 4) is 0 Å². The highest BCUT2D eigenvalue weighted by molar-refractivity contribution is 5.89. The van der Waals surface area contributed by atoms with Gasteiger partial charge in [-0.2, -0.15) is 0 Å². The molecule has 0 aliphatic heterocycles. The second-order valence-corrected chi connectivity index (χ2v) is 5.01. The van der Waals surface area contributed by atoms with Gasteiger partial charge in [-0.15, -0.1) is 0 Å². The molecule has 0 unspecified atom stereocenters. The van der Waals surface area contributed by atoms with Gasteiger partial charge < -0.3 is 18.9 Å². The van der Waals surface area contributed by atoms with E-state index < -0.39 is 35.7 Å². The van der Waals surface area contributed by atoms with Crippen LogP contribution in [0.2, 0.25) is 0 Å². The summed E-state index contributed by atoms with van der Waals surface area (Å²) in [7, 11) is 4.84. The highest BCUT2D eigenvalue weighted by atomic mass is 16.5. The van der Waals surface area contributed by atoms with Crippen molar-refractivity contribution >= 4 is 23.9 Å². The fraction of sp³-hybridized carbons (Fsp3) is 0.333. The number of rotatable bonds is 6. The summed E-state index contributed by atoms with van der Waals surface area (Å²) in [5.74, 6) is -4.25. The van der Waals surface area contributed by atoms with E-state index in [-0.39, 0.29) is 0 Å². The molecule has 8 heteroatoms. The Morgan fingerprint density at radius 3 is 1.31 bits per heavy atom. The maximum absolute atomic E-state index is 12.1. The minimum absolute atomic E-state index is 0.292. The van der Waals surface area contributed by atoms with Gasteiger partial charge in [0, 0.05) is 12.2 Å². The fourth-order valence-electron chi connectivity index (χ4n) is 2.31. The Balaban J connectivity index is 3.54. The normalized spacial score (nSPS) is 19.5. The molecule has 0 saturated carbocycles. The molecule has 2 atom stereocenters. The SMILES string of the molecule is COC(=O)/C=C/C1=C(/C=C/C(=O)OC)[C@H](C(=O)OC)C=C[C@H]1C(=O)OC. The zero-order chi connectivity index (χ0) is 19.7. The zero-order valence-electron chi connectivity index (χ0n) is 14.9. The first kappa shape index (κ1) is 20.9. The second-order valence-electron chi connectivity index (χ2n) is 5.01. The van der Waals surface area contributed by atoms with E-state index in [9.17, 15) is 19.2 Å². The third-order valence-electron chi connectivity index (χ3n) is 3.61. The van der Waals surface area contributed by atoms with Gasteiger partial charge in [-0.25, -0.2) is 9.59 Å². The highest BCUT2D eigenvalue weighted by Crippen LogP contribution is 2.33. The van der Waals surface area contributed by atoms with Crippen LogP contribution in [-0.2, 0) is 38.1 Å². The number of carbonyl (C=O) groups is 4. The van der Waals surface area contributed by atoms with Crippen molar-refractivity contribution in [2.24, 2.45) is 11.8 Å². The first-order chi connectivity index (χ1) is 12.4. The molecule has 1 rings (SSSR count). The summed E-state index contributed by atoms with van der Waals surface area (Å²) in [5, 5.41) is 0. The smallest absolute Gasteiger partial charge is 0.330 e. The van der Waals surface area contributed by atoms with Gasteiger partial charge in [-0.3, -0.25) is 9.59 Å². The molecule has 26 heavy (non-hydrogen) atoms.